The number of nitrogens with one attached hydrogen (secondary N) is 2. The Morgan fingerprint density at radius 1 is 1.08 bits per heavy atom. The third-order valence-corrected chi connectivity index (χ3v) is 6.59. The van der Waals surface area contributed by atoms with E-state index in [4.69, 9.17) is 16.6 Å². The van der Waals surface area contributed by atoms with E-state index in [1.54, 1.807) is 12.1 Å². The zero-order chi connectivity index (χ0) is 26.1. The molecule has 1 fully saturated rings. The van der Waals surface area contributed by atoms with Crippen LogP contribution in [-0.4, -0.2) is 34.0 Å². The van der Waals surface area contributed by atoms with Crippen LogP contribution in [0.3, 0.4) is 0 Å². The Morgan fingerprint density at radius 2 is 1.86 bits per heavy atom. The van der Waals surface area contributed by atoms with Crippen molar-refractivity contribution in [2.24, 2.45) is 0 Å². The first-order chi connectivity index (χ1) is 17.8. The Bertz CT molecular complexity index is 1540. The predicted molar refractivity (Wildman–Crippen MR) is 147 cm³/mol. The van der Waals surface area contributed by atoms with Crippen LogP contribution in [0.5, 0.6) is 0 Å². The van der Waals surface area contributed by atoms with Crippen LogP contribution in [0, 0.1) is 24.0 Å². The molecular weight excluding hydrogens is 490 g/mol. The smallest absolute Gasteiger partial charge is 0.293 e. The molecule has 0 spiro atoms. The van der Waals surface area contributed by atoms with Gasteiger partial charge in [0.05, 0.1) is 4.92 Å². The van der Waals surface area contributed by atoms with Crippen molar-refractivity contribution in [2.75, 3.05) is 23.3 Å². The molecule has 5 rings (SSSR count). The molecule has 0 atom stereocenters. The predicted octanol–water partition coefficient (Wildman–Crippen LogP) is 5.75. The van der Waals surface area contributed by atoms with Crippen LogP contribution in [0.4, 0.5) is 17.1 Å². The average molecular weight is 516 g/mol. The third kappa shape index (κ3) is 5.14. The van der Waals surface area contributed by atoms with Crippen molar-refractivity contribution in [3.63, 3.8) is 0 Å². The number of hydrogen-bond acceptors (Lipinski definition) is 7. The average Bonchev–Trinajstić information content (AvgIpc) is 3.55. The number of fused-ring (bicyclic) bond motifs is 1. The van der Waals surface area contributed by atoms with Gasteiger partial charge in [-0.05, 0) is 86.4 Å². The molecule has 10 heteroatoms. The Balaban J connectivity index is 1.32. The number of thiocarbonyl (C=S) groups is 1. The molecule has 188 valence electrons. The quantitative estimate of drug-likeness (QED) is 0.196. The lowest BCUT2D eigenvalue weighted by molar-refractivity contribution is -0.384. The van der Waals surface area contributed by atoms with Crippen LogP contribution in [0.25, 0.3) is 22.6 Å². The maximum absolute atomic E-state index is 12.9. The van der Waals surface area contributed by atoms with Gasteiger partial charge in [0.15, 0.2) is 10.7 Å². The van der Waals surface area contributed by atoms with E-state index >= 15 is 0 Å². The number of oxazole rings is 1. The largest absolute Gasteiger partial charge is 0.436 e. The molecule has 1 aromatic heterocycles. The Morgan fingerprint density at radius 3 is 2.62 bits per heavy atom. The molecule has 2 N–H and O–H groups in total. The summed E-state index contributed by atoms with van der Waals surface area (Å²) in [4.78, 5) is 30.6. The summed E-state index contributed by atoms with van der Waals surface area (Å²) in [6, 6.07) is 16.0. The van der Waals surface area contributed by atoms with Crippen molar-refractivity contribution in [3.8, 4) is 11.5 Å². The van der Waals surface area contributed by atoms with Gasteiger partial charge in [0.25, 0.3) is 11.6 Å². The fourth-order valence-corrected chi connectivity index (χ4v) is 4.62. The van der Waals surface area contributed by atoms with Gasteiger partial charge in [0.2, 0.25) is 5.89 Å². The van der Waals surface area contributed by atoms with E-state index in [1.807, 2.05) is 55.1 Å². The normalized spacial score (nSPS) is 13.1. The summed E-state index contributed by atoms with van der Waals surface area (Å²) in [6.07, 6.45) is 1.98. The number of anilines is 2. The highest BCUT2D eigenvalue weighted by Crippen LogP contribution is 2.32. The second kappa shape index (κ2) is 9.98. The highest BCUT2D eigenvalue weighted by atomic mass is 32.1. The number of benzene rings is 3. The number of nitro groups is 1. The number of amides is 1. The van der Waals surface area contributed by atoms with Gasteiger partial charge in [-0.3, -0.25) is 20.2 Å². The van der Waals surface area contributed by atoms with Crippen LogP contribution < -0.4 is 15.5 Å². The molecule has 3 aromatic carbocycles. The molecule has 0 radical (unpaired) electrons. The van der Waals surface area contributed by atoms with Crippen molar-refractivity contribution in [1.82, 2.24) is 10.3 Å². The van der Waals surface area contributed by atoms with Gasteiger partial charge in [-0.2, -0.15) is 0 Å². The molecule has 1 amide bonds. The van der Waals surface area contributed by atoms with Crippen LogP contribution in [0.2, 0.25) is 0 Å². The Labute approximate surface area is 218 Å². The second-order valence-electron chi connectivity index (χ2n) is 9.08. The molecule has 1 aliphatic heterocycles. The minimum atomic E-state index is -0.531. The molecule has 0 unspecified atom stereocenters. The standard InChI is InChI=1S/C27H25N5O4S/c1-16-5-10-24-21(13-16)28-26(36-24)19-7-6-17(2)20(14-19)29-27(37)30-25(33)18-8-9-22(23(15-18)32(34)35)31-11-3-4-12-31/h5-10,13-15H,3-4,11-12H2,1-2H3,(H2,29,30,33,37). The lowest BCUT2D eigenvalue weighted by Crippen LogP contribution is -2.34. The summed E-state index contributed by atoms with van der Waals surface area (Å²) in [7, 11) is 0. The van der Waals surface area contributed by atoms with Crippen molar-refractivity contribution in [2.45, 2.75) is 26.7 Å². The first-order valence-corrected chi connectivity index (χ1v) is 12.3. The minimum absolute atomic E-state index is 0.0738. The van der Waals surface area contributed by atoms with Crippen molar-refractivity contribution < 1.29 is 14.1 Å². The maximum atomic E-state index is 12.9. The molecule has 1 saturated heterocycles. The maximum Gasteiger partial charge on any atom is 0.293 e. The SMILES string of the molecule is Cc1ccc2oc(-c3ccc(C)c(NC(=S)NC(=O)c4ccc(N5CCCC5)c([N+](=O)[O-])c4)c3)nc2c1. The van der Waals surface area contributed by atoms with E-state index in [0.29, 0.717) is 22.8 Å². The highest BCUT2D eigenvalue weighted by molar-refractivity contribution is 7.80. The molecule has 37 heavy (non-hydrogen) atoms. The summed E-state index contributed by atoms with van der Waals surface area (Å²) in [6.45, 7) is 5.44. The van der Waals surface area contributed by atoms with Gasteiger partial charge in [-0.25, -0.2) is 4.98 Å². The summed E-state index contributed by atoms with van der Waals surface area (Å²) in [5, 5.41) is 17.4. The van der Waals surface area contributed by atoms with E-state index in [-0.39, 0.29) is 16.4 Å². The van der Waals surface area contributed by atoms with E-state index in [9.17, 15) is 14.9 Å². The van der Waals surface area contributed by atoms with E-state index in [1.165, 1.54) is 6.07 Å². The molecule has 2 heterocycles. The topological polar surface area (TPSA) is 114 Å². The van der Waals surface area contributed by atoms with Crippen LogP contribution in [0.15, 0.2) is 59.0 Å². The number of nitro benzene ring substituents is 1. The molecule has 9 nitrogen and oxygen atoms in total. The molecule has 1 aliphatic rings. The Hall–Kier alpha value is -4.31. The van der Waals surface area contributed by atoms with E-state index in [0.717, 1.165) is 48.1 Å². The highest BCUT2D eigenvalue weighted by Gasteiger charge is 2.24. The zero-order valence-corrected chi connectivity index (χ0v) is 21.2. The minimum Gasteiger partial charge on any atom is -0.436 e. The number of rotatable bonds is 5. The van der Waals surface area contributed by atoms with Gasteiger partial charge in [-0.15, -0.1) is 0 Å². The van der Waals surface area contributed by atoms with Crippen molar-refractivity contribution >= 4 is 51.4 Å². The summed E-state index contributed by atoms with van der Waals surface area (Å²) in [5.74, 6) is -0.0549. The van der Waals surface area contributed by atoms with E-state index in [2.05, 4.69) is 15.6 Å². The van der Waals surface area contributed by atoms with Crippen molar-refractivity contribution in [1.29, 1.82) is 0 Å². The number of aryl methyl sites for hydroxylation is 2. The van der Waals surface area contributed by atoms with Crippen molar-refractivity contribution in [3.05, 3.63) is 81.4 Å². The number of nitrogens with zero attached hydrogens (tertiary/aromatic N) is 3. The monoisotopic (exact) mass is 515 g/mol. The fraction of sp³-hybridized carbons (Fsp3) is 0.222. The number of hydrogen-bond donors (Lipinski definition) is 2. The van der Waals surface area contributed by atoms with E-state index < -0.39 is 10.8 Å². The first kappa shape index (κ1) is 24.4. The van der Waals surface area contributed by atoms with Gasteiger partial charge in [0.1, 0.15) is 11.2 Å². The molecule has 4 aromatic rings. The number of carbonyl (C=O) groups is 1. The van der Waals surface area contributed by atoms with Crippen LogP contribution in [-0.2, 0) is 0 Å². The zero-order valence-electron chi connectivity index (χ0n) is 20.4. The summed E-state index contributed by atoms with van der Waals surface area (Å²) >= 11 is 5.37. The Kier molecular flexibility index (Phi) is 6.58. The first-order valence-electron chi connectivity index (χ1n) is 11.9. The summed E-state index contributed by atoms with van der Waals surface area (Å²) < 4.78 is 5.91. The van der Waals surface area contributed by atoms with Gasteiger partial charge < -0.3 is 14.6 Å². The summed E-state index contributed by atoms with van der Waals surface area (Å²) in [5.41, 5.74) is 5.49. The van der Waals surface area contributed by atoms with Gasteiger partial charge >= 0.3 is 0 Å². The fourth-order valence-electron chi connectivity index (χ4n) is 4.42. The van der Waals surface area contributed by atoms with Crippen LogP contribution >= 0.6 is 12.2 Å². The molecular formula is C27H25N5O4S. The lowest BCUT2D eigenvalue weighted by atomic mass is 10.1. The van der Waals surface area contributed by atoms with Gasteiger partial charge in [0, 0.05) is 36.0 Å². The van der Waals surface area contributed by atoms with Crippen LogP contribution in [0.1, 0.15) is 34.3 Å². The molecule has 0 bridgehead atoms. The molecule has 0 aliphatic carbocycles. The number of carbonyl (C=O) groups excluding carboxylic acids is 1. The second-order valence-corrected chi connectivity index (χ2v) is 9.49. The molecule has 0 saturated carbocycles. The van der Waals surface area contributed by atoms with Gasteiger partial charge in [-0.1, -0.05) is 12.1 Å². The number of aromatic nitrogens is 1. The third-order valence-electron chi connectivity index (χ3n) is 6.38. The lowest BCUT2D eigenvalue weighted by Gasteiger charge is -2.18.